The molecule has 1 heterocycles. The smallest absolute Gasteiger partial charge is 0.414 e. The summed E-state index contributed by atoms with van der Waals surface area (Å²) in [7, 11) is 4.75. The van der Waals surface area contributed by atoms with E-state index in [0.717, 1.165) is 31.9 Å². The Kier molecular flexibility index (Phi) is 13.0. The first-order valence-electron chi connectivity index (χ1n) is 12.1. The number of nitro groups is 1. The van der Waals surface area contributed by atoms with Crippen LogP contribution in [0.4, 0.5) is 11.4 Å². The summed E-state index contributed by atoms with van der Waals surface area (Å²) < 4.78 is 21.8. The van der Waals surface area contributed by atoms with Gasteiger partial charge in [0.1, 0.15) is 6.61 Å². The van der Waals surface area contributed by atoms with Gasteiger partial charge in [-0.15, -0.1) is 0 Å². The van der Waals surface area contributed by atoms with Gasteiger partial charge >= 0.3 is 17.6 Å². The van der Waals surface area contributed by atoms with Crippen LogP contribution in [0.25, 0.3) is 0 Å². The van der Waals surface area contributed by atoms with E-state index in [1.54, 1.807) is 21.3 Å². The summed E-state index contributed by atoms with van der Waals surface area (Å²) in [6, 6.07) is 6.40. The molecule has 0 aromatic heterocycles. The predicted octanol–water partition coefficient (Wildman–Crippen LogP) is 3.04. The molecule has 41 heavy (non-hydrogen) atoms. The van der Waals surface area contributed by atoms with Crippen molar-refractivity contribution in [3.05, 3.63) is 44.4 Å². The Hall–Kier alpha value is -3.72. The molecule has 0 bridgehead atoms. The number of hydrogen-bond donors (Lipinski definition) is 3. The van der Waals surface area contributed by atoms with Crippen molar-refractivity contribution < 1.29 is 48.8 Å². The molecule has 1 atom stereocenters. The molecular formula is C25H31Cl2N3O11. The lowest BCUT2D eigenvalue weighted by Crippen LogP contribution is -2.47. The van der Waals surface area contributed by atoms with Gasteiger partial charge in [-0.1, -0.05) is 23.2 Å². The number of benzene rings is 2. The number of halogens is 2. The number of ether oxygens (including phenoxy) is 4. The van der Waals surface area contributed by atoms with Gasteiger partial charge in [-0.2, -0.15) is 0 Å². The van der Waals surface area contributed by atoms with Gasteiger partial charge in [0.2, 0.25) is 11.5 Å². The van der Waals surface area contributed by atoms with Crippen LogP contribution in [-0.4, -0.2) is 104 Å². The van der Waals surface area contributed by atoms with Gasteiger partial charge < -0.3 is 39.2 Å². The van der Waals surface area contributed by atoms with Crippen LogP contribution in [-0.2, 0) is 9.59 Å². The lowest BCUT2D eigenvalue weighted by Gasteiger charge is -2.36. The Bertz CT molecular complexity index is 1190. The van der Waals surface area contributed by atoms with E-state index in [1.807, 2.05) is 12.1 Å². The normalized spacial score (nSPS) is 13.9. The number of aliphatic hydroxyl groups is 1. The van der Waals surface area contributed by atoms with Crippen molar-refractivity contribution in [2.45, 2.75) is 12.5 Å². The minimum absolute atomic E-state index is 0.0271. The van der Waals surface area contributed by atoms with E-state index < -0.39 is 23.0 Å². The molecule has 0 saturated carbocycles. The highest BCUT2D eigenvalue weighted by atomic mass is 35.5. The molecule has 2 aromatic rings. The molecule has 0 spiro atoms. The van der Waals surface area contributed by atoms with Crippen LogP contribution in [0, 0.1) is 10.1 Å². The van der Waals surface area contributed by atoms with Gasteiger partial charge in [0.25, 0.3) is 0 Å². The molecule has 1 aliphatic rings. The molecule has 3 N–H and O–H groups in total. The van der Waals surface area contributed by atoms with Crippen molar-refractivity contribution in [1.82, 2.24) is 4.90 Å². The molecule has 0 amide bonds. The second-order valence-electron chi connectivity index (χ2n) is 8.57. The molecule has 226 valence electrons. The summed E-state index contributed by atoms with van der Waals surface area (Å²) in [5.41, 5.74) is 0.645. The SMILES string of the molecule is COc1cc(N2CCN(CCC(O)COc3c(Cl)cc(Cl)cc3[N+](=O)[O-])CC2)cc(OC)c1OC.O=C(O)C(=O)O. The van der Waals surface area contributed by atoms with Gasteiger partial charge in [0, 0.05) is 61.6 Å². The first kappa shape index (κ1) is 33.5. The highest BCUT2D eigenvalue weighted by Crippen LogP contribution is 2.41. The van der Waals surface area contributed by atoms with Crippen LogP contribution in [0.1, 0.15) is 6.42 Å². The number of rotatable bonds is 11. The van der Waals surface area contributed by atoms with Crippen LogP contribution in [0.3, 0.4) is 0 Å². The first-order chi connectivity index (χ1) is 19.4. The van der Waals surface area contributed by atoms with E-state index in [0.29, 0.717) is 30.2 Å². The lowest BCUT2D eigenvalue weighted by molar-refractivity contribution is -0.385. The molecule has 1 unspecified atom stereocenters. The number of nitrogens with zero attached hydrogens (tertiary/aromatic N) is 3. The summed E-state index contributed by atoms with van der Waals surface area (Å²) in [5, 5.41) is 36.6. The molecule has 1 aliphatic heterocycles. The first-order valence-corrected chi connectivity index (χ1v) is 12.8. The number of methoxy groups -OCH3 is 3. The number of hydrogen-bond acceptors (Lipinski definition) is 11. The van der Waals surface area contributed by atoms with Gasteiger partial charge in [-0.05, 0) is 12.5 Å². The van der Waals surface area contributed by atoms with Crippen molar-refractivity contribution in [1.29, 1.82) is 0 Å². The van der Waals surface area contributed by atoms with Crippen molar-refractivity contribution in [2.24, 2.45) is 0 Å². The lowest BCUT2D eigenvalue weighted by atomic mass is 10.2. The number of anilines is 1. The average Bonchev–Trinajstić information content (AvgIpc) is 2.94. The fraction of sp³-hybridized carbons (Fsp3) is 0.440. The van der Waals surface area contributed by atoms with Crippen LogP contribution < -0.4 is 23.8 Å². The van der Waals surface area contributed by atoms with Crippen LogP contribution in [0.15, 0.2) is 24.3 Å². The highest BCUT2D eigenvalue weighted by Gasteiger charge is 2.23. The van der Waals surface area contributed by atoms with Crippen LogP contribution in [0.2, 0.25) is 10.0 Å². The zero-order valence-corrected chi connectivity index (χ0v) is 24.1. The fourth-order valence-corrected chi connectivity index (χ4v) is 4.44. The molecule has 1 saturated heterocycles. The van der Waals surface area contributed by atoms with E-state index in [9.17, 15) is 15.2 Å². The molecule has 16 heteroatoms. The Labute approximate surface area is 245 Å². The Morgan fingerprint density at radius 1 is 0.951 bits per heavy atom. The molecule has 0 radical (unpaired) electrons. The minimum Gasteiger partial charge on any atom is -0.493 e. The van der Waals surface area contributed by atoms with Crippen molar-refractivity contribution in [3.63, 3.8) is 0 Å². The van der Waals surface area contributed by atoms with Crippen molar-refractivity contribution >= 4 is 46.5 Å². The number of carbonyl (C=O) groups is 2. The van der Waals surface area contributed by atoms with Crippen LogP contribution in [0.5, 0.6) is 23.0 Å². The third-order valence-electron chi connectivity index (χ3n) is 5.95. The predicted molar refractivity (Wildman–Crippen MR) is 149 cm³/mol. The second kappa shape index (κ2) is 15.9. The number of aliphatic carboxylic acids is 2. The number of carboxylic acids is 2. The monoisotopic (exact) mass is 619 g/mol. The van der Waals surface area contributed by atoms with E-state index in [-0.39, 0.29) is 28.1 Å². The molecule has 0 aliphatic carbocycles. The molecule has 2 aromatic carbocycles. The van der Waals surface area contributed by atoms with Crippen molar-refractivity contribution in [2.75, 3.05) is 65.6 Å². The number of carboxylic acid groups (broad SMARTS) is 2. The van der Waals surface area contributed by atoms with Gasteiger partial charge in [0.15, 0.2) is 11.5 Å². The number of nitro benzene ring substituents is 1. The topological polar surface area (TPSA) is 181 Å². The average molecular weight is 620 g/mol. The molecule has 14 nitrogen and oxygen atoms in total. The van der Waals surface area contributed by atoms with Crippen LogP contribution >= 0.6 is 23.2 Å². The largest absolute Gasteiger partial charge is 0.493 e. The van der Waals surface area contributed by atoms with E-state index >= 15 is 0 Å². The Morgan fingerprint density at radius 3 is 1.98 bits per heavy atom. The van der Waals surface area contributed by atoms with E-state index in [4.69, 9.17) is 62.0 Å². The summed E-state index contributed by atoms with van der Waals surface area (Å²) in [5.74, 6) is -1.98. The third kappa shape index (κ3) is 9.70. The zero-order chi connectivity index (χ0) is 30.7. The molecular weight excluding hydrogens is 589 g/mol. The summed E-state index contributed by atoms with van der Waals surface area (Å²) >= 11 is 11.9. The third-order valence-corrected chi connectivity index (χ3v) is 6.45. The number of piperazine rings is 1. The molecule has 1 fully saturated rings. The maximum atomic E-state index is 11.3. The molecule has 3 rings (SSSR count). The standard InChI is InChI=1S/C23H29Cl2N3O7.C2H2O4/c1-32-20-12-16(13-21(33-2)23(20)34-3)27-8-6-26(7-9-27)5-4-17(29)14-35-22-18(25)10-15(24)11-19(22)28(30)31;3-1(4)2(5)6/h10-13,17,29H,4-9,14H2,1-3H3;(H,3,4)(H,5,6). The summed E-state index contributed by atoms with van der Waals surface area (Å²) in [4.78, 5) is 33.3. The zero-order valence-electron chi connectivity index (χ0n) is 22.5. The van der Waals surface area contributed by atoms with Gasteiger partial charge in [-0.25, -0.2) is 9.59 Å². The van der Waals surface area contributed by atoms with E-state index in [2.05, 4.69) is 9.80 Å². The highest BCUT2D eigenvalue weighted by molar-refractivity contribution is 6.36. The van der Waals surface area contributed by atoms with Gasteiger partial charge in [0.05, 0.1) is 37.4 Å². The maximum absolute atomic E-state index is 11.3. The van der Waals surface area contributed by atoms with E-state index in [1.165, 1.54) is 12.1 Å². The maximum Gasteiger partial charge on any atom is 0.414 e. The Morgan fingerprint density at radius 2 is 1.51 bits per heavy atom. The number of aliphatic hydroxyl groups excluding tert-OH is 1. The fourth-order valence-electron chi connectivity index (χ4n) is 3.90. The quantitative estimate of drug-likeness (QED) is 0.190. The minimum atomic E-state index is -1.82. The summed E-state index contributed by atoms with van der Waals surface area (Å²) in [6.45, 7) is 3.73. The second-order valence-corrected chi connectivity index (χ2v) is 9.41. The van der Waals surface area contributed by atoms with Crippen molar-refractivity contribution in [3.8, 4) is 23.0 Å². The summed E-state index contributed by atoms with van der Waals surface area (Å²) in [6.07, 6.45) is -0.363. The Balaban J connectivity index is 0.000000883. The van der Waals surface area contributed by atoms with Gasteiger partial charge in [-0.3, -0.25) is 15.0 Å².